The molecule has 4 rings (SSSR count). The topological polar surface area (TPSA) is 161 Å². The zero-order chi connectivity index (χ0) is 25.6. The third-order valence-corrected chi connectivity index (χ3v) is 7.98. The standard InChI is InChI=1S/C21H26N3O9PS/c1-12(16(26)30-3)23-34(29,32-13-7-5-4-6-8-13)33-14-11-21(14)17(27)20(2,28)18(31-21)24-10-9-15(25)22-19(24)35/h4-10,12,14,17-18,27-28H,11H2,1-3H3,(H,23,29)(H,22,25,35). The molecule has 1 spiro atoms. The van der Waals surface area contributed by atoms with Gasteiger partial charge in [0.15, 0.2) is 11.0 Å². The first-order chi connectivity index (χ1) is 16.4. The summed E-state index contributed by atoms with van der Waals surface area (Å²) < 4.78 is 37.1. The highest BCUT2D eigenvalue weighted by Gasteiger charge is 2.75. The second kappa shape index (κ2) is 9.25. The average Bonchev–Trinajstić information content (AvgIpc) is 3.44. The Hall–Kier alpha value is -2.38. The molecule has 190 valence electrons. The first kappa shape index (κ1) is 25.7. The number of H-pyrrole nitrogens is 1. The monoisotopic (exact) mass is 527 g/mol. The number of nitrogens with one attached hydrogen (secondary N) is 2. The summed E-state index contributed by atoms with van der Waals surface area (Å²) in [5.41, 5.74) is -3.71. The summed E-state index contributed by atoms with van der Waals surface area (Å²) in [5.74, 6) is -0.476. The minimum absolute atomic E-state index is 0.0169. The molecule has 2 aliphatic rings. The Labute approximate surface area is 205 Å². The second-order valence-electron chi connectivity index (χ2n) is 8.64. The molecule has 35 heavy (non-hydrogen) atoms. The van der Waals surface area contributed by atoms with E-state index in [2.05, 4.69) is 14.8 Å². The van der Waals surface area contributed by atoms with E-state index in [0.717, 1.165) is 0 Å². The highest BCUT2D eigenvalue weighted by Crippen LogP contribution is 2.62. The summed E-state index contributed by atoms with van der Waals surface area (Å²) in [5, 5.41) is 24.6. The minimum atomic E-state index is -4.21. The van der Waals surface area contributed by atoms with Crippen molar-refractivity contribution in [2.45, 2.75) is 55.9 Å². The quantitative estimate of drug-likeness (QED) is 0.223. The van der Waals surface area contributed by atoms with E-state index in [1.165, 1.54) is 37.8 Å². The largest absolute Gasteiger partial charge is 0.468 e. The maximum atomic E-state index is 13.7. The molecule has 12 nitrogen and oxygen atoms in total. The van der Waals surface area contributed by atoms with Crippen LogP contribution >= 0.6 is 20.0 Å². The van der Waals surface area contributed by atoms with Crippen molar-refractivity contribution in [3.8, 4) is 5.75 Å². The van der Waals surface area contributed by atoms with Crippen molar-refractivity contribution in [3.63, 3.8) is 0 Å². The summed E-state index contributed by atoms with van der Waals surface area (Å²) >= 11 is 5.17. The van der Waals surface area contributed by atoms with E-state index < -0.39 is 55.0 Å². The van der Waals surface area contributed by atoms with Gasteiger partial charge in [-0.3, -0.25) is 23.7 Å². The maximum Gasteiger partial charge on any atom is 0.459 e. The van der Waals surface area contributed by atoms with Gasteiger partial charge in [-0.2, -0.15) is 5.09 Å². The Morgan fingerprint density at radius 1 is 1.37 bits per heavy atom. The number of ether oxygens (including phenoxy) is 2. The predicted molar refractivity (Wildman–Crippen MR) is 124 cm³/mol. The number of aliphatic hydroxyl groups excluding tert-OH is 1. The Bertz CT molecular complexity index is 1270. The smallest absolute Gasteiger partial charge is 0.459 e. The van der Waals surface area contributed by atoms with Crippen molar-refractivity contribution in [2.24, 2.45) is 0 Å². The minimum Gasteiger partial charge on any atom is -0.468 e. The van der Waals surface area contributed by atoms with Crippen LogP contribution in [0.1, 0.15) is 26.5 Å². The van der Waals surface area contributed by atoms with Gasteiger partial charge in [-0.25, -0.2) is 4.57 Å². The lowest BCUT2D eigenvalue weighted by Crippen LogP contribution is -2.45. The van der Waals surface area contributed by atoms with Gasteiger partial charge in [0.05, 0.1) is 7.11 Å². The Morgan fingerprint density at radius 2 is 2.06 bits per heavy atom. The molecule has 0 radical (unpaired) electrons. The van der Waals surface area contributed by atoms with E-state index in [4.69, 9.17) is 26.0 Å². The van der Waals surface area contributed by atoms with E-state index in [0.29, 0.717) is 0 Å². The zero-order valence-corrected chi connectivity index (χ0v) is 20.8. The van der Waals surface area contributed by atoms with Crippen molar-refractivity contribution in [1.29, 1.82) is 0 Å². The van der Waals surface area contributed by atoms with Gasteiger partial charge in [-0.15, -0.1) is 0 Å². The van der Waals surface area contributed by atoms with Crippen LogP contribution < -0.4 is 15.2 Å². The number of hydrogen-bond acceptors (Lipinski definition) is 10. The van der Waals surface area contributed by atoms with Crippen LogP contribution in [0.4, 0.5) is 0 Å². The third-order valence-electron chi connectivity index (χ3n) is 5.98. The van der Waals surface area contributed by atoms with Crippen molar-refractivity contribution in [3.05, 3.63) is 57.7 Å². The van der Waals surface area contributed by atoms with Crippen LogP contribution in [0.15, 0.2) is 47.4 Å². The van der Waals surface area contributed by atoms with E-state index in [9.17, 15) is 24.4 Å². The van der Waals surface area contributed by atoms with Crippen molar-refractivity contribution in [2.75, 3.05) is 7.11 Å². The van der Waals surface area contributed by atoms with Gasteiger partial charge in [0.1, 0.15) is 35.2 Å². The zero-order valence-electron chi connectivity index (χ0n) is 19.1. The number of benzene rings is 1. The Kier molecular flexibility index (Phi) is 6.79. The highest BCUT2D eigenvalue weighted by molar-refractivity contribution is 7.71. The van der Waals surface area contributed by atoms with Gasteiger partial charge in [0.25, 0.3) is 5.56 Å². The SMILES string of the molecule is COC(=O)C(C)NP(=O)(Oc1ccccc1)OC1CC12OC(n1ccc(=O)[nH]c1=S)C(C)(O)C2O. The predicted octanol–water partition coefficient (Wildman–Crippen LogP) is 1.41. The fourth-order valence-electron chi connectivity index (χ4n) is 4.07. The molecule has 7 unspecified atom stereocenters. The van der Waals surface area contributed by atoms with Crippen LogP contribution in [0.5, 0.6) is 5.75 Å². The molecule has 4 N–H and O–H groups in total. The molecule has 2 heterocycles. The number of carbonyl (C=O) groups excluding carboxylic acids is 1. The van der Waals surface area contributed by atoms with E-state index in [1.54, 1.807) is 30.3 Å². The van der Waals surface area contributed by atoms with Crippen LogP contribution in [-0.4, -0.2) is 62.3 Å². The second-order valence-corrected chi connectivity index (χ2v) is 10.7. The van der Waals surface area contributed by atoms with E-state index >= 15 is 0 Å². The summed E-state index contributed by atoms with van der Waals surface area (Å²) in [6, 6.07) is 8.35. The van der Waals surface area contributed by atoms with Crippen LogP contribution in [0.25, 0.3) is 0 Å². The summed E-state index contributed by atoms with van der Waals surface area (Å²) in [4.78, 5) is 25.9. The molecule has 14 heteroatoms. The van der Waals surface area contributed by atoms with Crippen molar-refractivity contribution in [1.82, 2.24) is 14.6 Å². The van der Waals surface area contributed by atoms with Gasteiger partial charge in [-0.1, -0.05) is 18.2 Å². The molecule has 1 saturated carbocycles. The lowest BCUT2D eigenvalue weighted by Gasteiger charge is -2.28. The first-order valence-corrected chi connectivity index (χ1v) is 12.7. The molecule has 2 aromatic rings. The molecule has 1 aromatic heterocycles. The fourth-order valence-corrected chi connectivity index (χ4v) is 6.05. The van der Waals surface area contributed by atoms with Gasteiger partial charge < -0.3 is 24.2 Å². The van der Waals surface area contributed by atoms with E-state index in [-0.39, 0.29) is 16.9 Å². The number of carbonyl (C=O) groups is 1. The van der Waals surface area contributed by atoms with Crippen molar-refractivity contribution < 1.29 is 38.1 Å². The molecule has 1 aromatic carbocycles. The number of nitrogens with zero attached hydrogens (tertiary/aromatic N) is 1. The average molecular weight is 527 g/mol. The van der Waals surface area contributed by atoms with Crippen LogP contribution in [0.2, 0.25) is 0 Å². The molecular weight excluding hydrogens is 501 g/mol. The molecule has 1 aliphatic heterocycles. The summed E-state index contributed by atoms with van der Waals surface area (Å²) in [7, 11) is -3.02. The van der Waals surface area contributed by atoms with E-state index in [1.807, 2.05) is 0 Å². The Balaban J connectivity index is 1.59. The number of hydrogen-bond donors (Lipinski definition) is 4. The number of aromatic amines is 1. The molecule has 7 atom stereocenters. The van der Waals surface area contributed by atoms with Crippen LogP contribution in [0.3, 0.4) is 0 Å². The highest BCUT2D eigenvalue weighted by atomic mass is 32.1. The van der Waals surface area contributed by atoms with Gasteiger partial charge in [0.2, 0.25) is 0 Å². The number of rotatable bonds is 8. The summed E-state index contributed by atoms with van der Waals surface area (Å²) in [6.07, 6.45) is -2.21. The molecule has 2 fully saturated rings. The molecule has 0 amide bonds. The summed E-state index contributed by atoms with van der Waals surface area (Å²) in [6.45, 7) is 2.79. The lowest BCUT2D eigenvalue weighted by molar-refractivity contribution is -0.142. The maximum absolute atomic E-state index is 13.7. The number of methoxy groups -OCH3 is 1. The molecular formula is C21H26N3O9PS. The van der Waals surface area contributed by atoms with Crippen LogP contribution in [-0.2, 0) is 23.4 Å². The normalized spacial score (nSPS) is 32.1. The number of esters is 1. The van der Waals surface area contributed by atoms with Gasteiger partial charge in [-0.05, 0) is 38.2 Å². The number of para-hydroxylation sites is 1. The molecule has 0 bridgehead atoms. The van der Waals surface area contributed by atoms with Gasteiger partial charge >= 0.3 is 13.7 Å². The first-order valence-electron chi connectivity index (χ1n) is 10.7. The van der Waals surface area contributed by atoms with Gasteiger partial charge in [0, 0.05) is 18.7 Å². The molecule has 1 saturated heterocycles. The molecule has 1 aliphatic carbocycles. The fraction of sp³-hybridized carbons (Fsp3) is 0.476. The number of aliphatic hydroxyl groups is 2. The van der Waals surface area contributed by atoms with Crippen LogP contribution in [0, 0.1) is 4.77 Å². The Morgan fingerprint density at radius 3 is 2.69 bits per heavy atom. The van der Waals surface area contributed by atoms with Crippen molar-refractivity contribution >= 4 is 25.9 Å². The lowest BCUT2D eigenvalue weighted by atomic mass is 9.95. The third kappa shape index (κ3) is 4.85. The number of aromatic nitrogens is 2.